The number of amides is 1. The zero-order valence-electron chi connectivity index (χ0n) is 17.5. The van der Waals surface area contributed by atoms with Gasteiger partial charge in [-0.25, -0.2) is 9.50 Å². The summed E-state index contributed by atoms with van der Waals surface area (Å²) in [7, 11) is 1.62. The third kappa shape index (κ3) is 3.00. The van der Waals surface area contributed by atoms with Crippen molar-refractivity contribution < 1.29 is 14.3 Å². The predicted molar refractivity (Wildman–Crippen MR) is 112 cm³/mol. The van der Waals surface area contributed by atoms with Crippen LogP contribution in [-0.4, -0.2) is 44.7 Å². The van der Waals surface area contributed by atoms with Crippen molar-refractivity contribution in [1.82, 2.24) is 19.5 Å². The Labute approximate surface area is 175 Å². The van der Waals surface area contributed by atoms with Crippen LogP contribution >= 0.6 is 0 Å². The van der Waals surface area contributed by atoms with Crippen LogP contribution in [0.1, 0.15) is 49.2 Å². The van der Waals surface area contributed by atoms with E-state index in [9.17, 15) is 4.79 Å². The minimum Gasteiger partial charge on any atom is -0.497 e. The van der Waals surface area contributed by atoms with Gasteiger partial charge in [-0.05, 0) is 38.3 Å². The average molecular weight is 406 g/mol. The third-order valence-electron chi connectivity index (χ3n) is 6.25. The Morgan fingerprint density at radius 3 is 2.90 bits per heavy atom. The molecule has 3 atom stereocenters. The van der Waals surface area contributed by atoms with Crippen molar-refractivity contribution >= 4 is 11.6 Å². The molecule has 1 amide bonds. The van der Waals surface area contributed by atoms with Gasteiger partial charge in [0, 0.05) is 36.4 Å². The lowest BCUT2D eigenvalue weighted by Crippen LogP contribution is -2.48. The summed E-state index contributed by atoms with van der Waals surface area (Å²) in [5, 5.41) is 4.63. The van der Waals surface area contributed by atoms with Gasteiger partial charge in [0.1, 0.15) is 11.5 Å². The highest BCUT2D eigenvalue weighted by molar-refractivity contribution is 5.83. The van der Waals surface area contributed by atoms with Gasteiger partial charge in [-0.2, -0.15) is 5.10 Å². The van der Waals surface area contributed by atoms with Gasteiger partial charge in [0.05, 0.1) is 24.5 Å². The van der Waals surface area contributed by atoms with Gasteiger partial charge in [0.15, 0.2) is 11.8 Å². The van der Waals surface area contributed by atoms with Crippen molar-refractivity contribution in [3.05, 3.63) is 53.5 Å². The van der Waals surface area contributed by atoms with E-state index in [0.29, 0.717) is 17.9 Å². The summed E-state index contributed by atoms with van der Waals surface area (Å²) in [5.41, 5.74) is 4.13. The van der Waals surface area contributed by atoms with E-state index in [0.717, 1.165) is 36.2 Å². The van der Waals surface area contributed by atoms with Gasteiger partial charge in [-0.1, -0.05) is 13.0 Å². The number of carbonyl (C=O) groups is 1. The Balaban J connectivity index is 1.44. The summed E-state index contributed by atoms with van der Waals surface area (Å²) in [4.78, 5) is 20.2. The normalized spacial score (nSPS) is 20.8. The maximum absolute atomic E-state index is 13.6. The fraction of sp³-hybridized carbons (Fsp3) is 0.435. The molecule has 0 saturated carbocycles. The van der Waals surface area contributed by atoms with Crippen LogP contribution in [0.5, 0.6) is 11.5 Å². The van der Waals surface area contributed by atoms with Gasteiger partial charge < -0.3 is 14.4 Å². The number of hydrogen-bond donors (Lipinski definition) is 0. The number of fused-ring (bicyclic) bond motifs is 6. The molecule has 5 rings (SSSR count). The summed E-state index contributed by atoms with van der Waals surface area (Å²) >= 11 is 0. The summed E-state index contributed by atoms with van der Waals surface area (Å²) in [6.07, 6.45) is 4.75. The number of methoxy groups -OCH3 is 1. The van der Waals surface area contributed by atoms with E-state index in [1.165, 1.54) is 5.69 Å². The van der Waals surface area contributed by atoms with Crippen molar-refractivity contribution in [3.8, 4) is 11.5 Å². The molecule has 2 aliphatic rings. The number of nitrogens with zero attached hydrogens (tertiary/aromatic N) is 4. The maximum atomic E-state index is 13.6. The second-order valence-electron chi connectivity index (χ2n) is 8.11. The summed E-state index contributed by atoms with van der Waals surface area (Å²) in [6, 6.07) is 9.62. The third-order valence-corrected chi connectivity index (χ3v) is 6.25. The molecule has 4 heterocycles. The van der Waals surface area contributed by atoms with Gasteiger partial charge in [0.2, 0.25) is 0 Å². The molecule has 3 aromatic rings. The van der Waals surface area contributed by atoms with Gasteiger partial charge in [-0.3, -0.25) is 4.79 Å². The molecule has 0 N–H and O–H groups in total. The predicted octanol–water partition coefficient (Wildman–Crippen LogP) is 3.49. The Kier molecular flexibility index (Phi) is 4.60. The van der Waals surface area contributed by atoms with Crippen LogP contribution in [0, 0.1) is 6.92 Å². The van der Waals surface area contributed by atoms with E-state index < -0.39 is 6.10 Å². The van der Waals surface area contributed by atoms with Crippen LogP contribution in [0.4, 0.5) is 0 Å². The van der Waals surface area contributed by atoms with Gasteiger partial charge >= 0.3 is 0 Å². The van der Waals surface area contributed by atoms with E-state index in [1.54, 1.807) is 7.11 Å². The fourth-order valence-electron chi connectivity index (χ4n) is 4.85. The molecule has 2 bridgehead atoms. The molecular weight excluding hydrogens is 380 g/mol. The lowest BCUT2D eigenvalue weighted by Gasteiger charge is -2.38. The fourth-order valence-corrected chi connectivity index (χ4v) is 4.85. The number of aromatic nitrogens is 3. The van der Waals surface area contributed by atoms with Crippen molar-refractivity contribution in [3.63, 3.8) is 0 Å². The molecule has 156 valence electrons. The number of rotatable bonds is 5. The molecule has 1 fully saturated rings. The molecule has 0 unspecified atom stereocenters. The molecule has 1 saturated heterocycles. The van der Waals surface area contributed by atoms with E-state index in [1.807, 2.05) is 59.8 Å². The molecule has 7 heteroatoms. The van der Waals surface area contributed by atoms with Gasteiger partial charge in [-0.15, -0.1) is 0 Å². The monoisotopic (exact) mass is 406 g/mol. The highest BCUT2D eigenvalue weighted by Crippen LogP contribution is 2.44. The zero-order chi connectivity index (χ0) is 20.8. The first-order valence-electron chi connectivity index (χ1n) is 10.6. The smallest absolute Gasteiger partial charge is 0.264 e. The van der Waals surface area contributed by atoms with E-state index in [2.05, 4.69) is 10.1 Å². The summed E-state index contributed by atoms with van der Waals surface area (Å²) in [5.74, 6) is 1.41. The molecule has 2 aliphatic heterocycles. The van der Waals surface area contributed by atoms with Crippen molar-refractivity contribution in [1.29, 1.82) is 0 Å². The van der Waals surface area contributed by atoms with E-state index >= 15 is 0 Å². The number of aryl methyl sites for hydroxylation is 1. The second-order valence-corrected chi connectivity index (χ2v) is 8.11. The van der Waals surface area contributed by atoms with Gasteiger partial charge in [0.25, 0.3) is 5.91 Å². The molecule has 7 nitrogen and oxygen atoms in total. The molecular formula is C23H26N4O3. The van der Waals surface area contributed by atoms with Crippen LogP contribution in [0.2, 0.25) is 0 Å². The topological polar surface area (TPSA) is 69.0 Å². The van der Waals surface area contributed by atoms with Crippen LogP contribution in [-0.2, 0) is 11.2 Å². The number of carbonyl (C=O) groups excluding carboxylic acids is 1. The maximum Gasteiger partial charge on any atom is 0.264 e. The molecule has 1 aromatic carbocycles. The largest absolute Gasteiger partial charge is 0.497 e. The summed E-state index contributed by atoms with van der Waals surface area (Å²) < 4.78 is 13.3. The highest BCUT2D eigenvalue weighted by atomic mass is 16.5. The Bertz CT molecular complexity index is 1110. The Morgan fingerprint density at radius 1 is 1.27 bits per heavy atom. The van der Waals surface area contributed by atoms with Crippen molar-refractivity contribution in [2.45, 2.75) is 57.7 Å². The number of benzene rings is 1. The van der Waals surface area contributed by atoms with E-state index in [4.69, 9.17) is 9.47 Å². The first kappa shape index (κ1) is 18.9. The first-order chi connectivity index (χ1) is 14.6. The number of ether oxygens (including phenoxy) is 2. The second kappa shape index (κ2) is 7.31. The highest BCUT2D eigenvalue weighted by Gasteiger charge is 2.45. The molecule has 2 aromatic heterocycles. The van der Waals surface area contributed by atoms with E-state index in [-0.39, 0.29) is 18.0 Å². The molecule has 0 aliphatic carbocycles. The zero-order valence-corrected chi connectivity index (χ0v) is 17.5. The number of hydrogen-bond acceptors (Lipinski definition) is 5. The SMILES string of the molecule is CC[C@@H](Oc1cccc(OC)c1)C(=O)N1[C@H]2CC[C@@H]1c1cnc3cc(C)nn3c1C2. The van der Waals surface area contributed by atoms with Crippen LogP contribution in [0.15, 0.2) is 36.5 Å². The van der Waals surface area contributed by atoms with Crippen LogP contribution < -0.4 is 9.47 Å². The Hall–Kier alpha value is -3.09. The van der Waals surface area contributed by atoms with Crippen molar-refractivity contribution in [2.24, 2.45) is 0 Å². The van der Waals surface area contributed by atoms with Crippen LogP contribution in [0.3, 0.4) is 0 Å². The molecule has 0 spiro atoms. The lowest BCUT2D eigenvalue weighted by molar-refractivity contribution is -0.142. The van der Waals surface area contributed by atoms with Crippen LogP contribution in [0.25, 0.3) is 5.65 Å². The minimum atomic E-state index is -0.523. The minimum absolute atomic E-state index is 0.0376. The van der Waals surface area contributed by atoms with Crippen molar-refractivity contribution in [2.75, 3.05) is 7.11 Å². The molecule has 30 heavy (non-hydrogen) atoms. The molecule has 0 radical (unpaired) electrons. The quantitative estimate of drug-likeness (QED) is 0.649. The standard InChI is InChI=1S/C23H26N4O3/c1-4-21(30-17-7-5-6-16(12-17)29-3)23(28)26-15-8-9-19(26)18-13-24-22-10-14(2)25-27(22)20(18)11-15/h5-7,10,12-13,15,19,21H,4,8-9,11H2,1-3H3/t15-,19+,21+/m0/s1. The average Bonchev–Trinajstić information content (AvgIpc) is 3.30. The Morgan fingerprint density at radius 2 is 2.10 bits per heavy atom. The summed E-state index contributed by atoms with van der Waals surface area (Å²) in [6.45, 7) is 3.97. The lowest BCUT2D eigenvalue weighted by atomic mass is 9.98. The first-order valence-corrected chi connectivity index (χ1v) is 10.6.